The molecule has 7 nitrogen and oxygen atoms in total. The summed E-state index contributed by atoms with van der Waals surface area (Å²) in [5, 5.41) is 0. The van der Waals surface area contributed by atoms with Crippen LogP contribution in [0.25, 0.3) is 0 Å². The van der Waals surface area contributed by atoms with Crippen LogP contribution in [0.3, 0.4) is 0 Å². The van der Waals surface area contributed by atoms with E-state index in [9.17, 15) is 4.79 Å². The van der Waals surface area contributed by atoms with Crippen molar-refractivity contribution in [2.45, 2.75) is 46.1 Å². The maximum absolute atomic E-state index is 13.1. The van der Waals surface area contributed by atoms with Crippen molar-refractivity contribution in [3.8, 4) is 0 Å². The average Bonchev–Trinajstić information content (AvgIpc) is 2.91. The Morgan fingerprint density at radius 1 is 1.15 bits per heavy atom. The van der Waals surface area contributed by atoms with Crippen LogP contribution in [-0.2, 0) is 0 Å². The van der Waals surface area contributed by atoms with Gasteiger partial charge in [0.05, 0.1) is 0 Å². The van der Waals surface area contributed by atoms with Crippen molar-refractivity contribution in [1.29, 1.82) is 0 Å². The molecule has 1 atom stereocenters. The highest BCUT2D eigenvalue weighted by atomic mass is 16.2. The second kappa shape index (κ2) is 8.31. The smallest absolute Gasteiger partial charge is 0.291 e. The Balaban J connectivity index is 1.78. The van der Waals surface area contributed by atoms with Crippen LogP contribution in [0.4, 0.5) is 5.82 Å². The van der Waals surface area contributed by atoms with Crippen molar-refractivity contribution in [1.82, 2.24) is 19.8 Å². The summed E-state index contributed by atoms with van der Waals surface area (Å²) in [6, 6.07) is 0.180. The van der Waals surface area contributed by atoms with E-state index in [2.05, 4.69) is 26.7 Å². The van der Waals surface area contributed by atoms with Crippen molar-refractivity contribution in [3.63, 3.8) is 0 Å². The lowest BCUT2D eigenvalue weighted by Gasteiger charge is -2.23. The molecule has 0 bridgehead atoms. The average molecular weight is 361 g/mol. The van der Waals surface area contributed by atoms with E-state index in [4.69, 9.17) is 5.73 Å². The van der Waals surface area contributed by atoms with E-state index in [1.807, 2.05) is 18.7 Å². The summed E-state index contributed by atoms with van der Waals surface area (Å²) in [5.74, 6) is 1.15. The minimum absolute atomic E-state index is 0.0452. The fraction of sp³-hybridized carbons (Fsp3) is 0.737. The van der Waals surface area contributed by atoms with E-state index in [-0.39, 0.29) is 11.9 Å². The first kappa shape index (κ1) is 19.0. The van der Waals surface area contributed by atoms with Gasteiger partial charge < -0.3 is 20.4 Å². The molecule has 1 aromatic rings. The summed E-state index contributed by atoms with van der Waals surface area (Å²) in [7, 11) is 0. The predicted octanol–water partition coefficient (Wildman–Crippen LogP) is 1.19. The van der Waals surface area contributed by atoms with Gasteiger partial charge in [-0.25, -0.2) is 9.97 Å². The first-order chi connectivity index (χ1) is 12.5. The van der Waals surface area contributed by atoms with Crippen LogP contribution in [-0.4, -0.2) is 77.5 Å². The van der Waals surface area contributed by atoms with Gasteiger partial charge in [0.1, 0.15) is 5.82 Å². The Morgan fingerprint density at radius 2 is 1.96 bits per heavy atom. The lowest BCUT2D eigenvalue weighted by Crippen LogP contribution is -2.37. The fourth-order valence-electron chi connectivity index (χ4n) is 3.85. The first-order valence-electron chi connectivity index (χ1n) is 9.87. The molecule has 2 N–H and O–H groups in total. The number of amides is 1. The van der Waals surface area contributed by atoms with Crippen LogP contribution in [0.1, 0.15) is 48.1 Å². The van der Waals surface area contributed by atoms with Crippen molar-refractivity contribution in [2.75, 3.05) is 50.7 Å². The molecular formula is C19H32N6O. The number of hydrogen-bond acceptors (Lipinski definition) is 6. The molecule has 0 radical (unpaired) electrons. The summed E-state index contributed by atoms with van der Waals surface area (Å²) in [5.41, 5.74) is 7.97. The molecule has 2 aliphatic rings. The predicted molar refractivity (Wildman–Crippen MR) is 104 cm³/mol. The number of aromatic nitrogens is 2. The fourth-order valence-corrected chi connectivity index (χ4v) is 3.85. The third-order valence-electron chi connectivity index (χ3n) is 5.49. The lowest BCUT2D eigenvalue weighted by atomic mass is 10.2. The monoisotopic (exact) mass is 360 g/mol. The van der Waals surface area contributed by atoms with Gasteiger partial charge in [-0.1, -0.05) is 6.92 Å². The topological polar surface area (TPSA) is 78.6 Å². The number of rotatable bonds is 4. The summed E-state index contributed by atoms with van der Waals surface area (Å²) in [6.07, 6.45) is 3.12. The molecule has 0 unspecified atom stereocenters. The number of hydrogen-bond donors (Lipinski definition) is 1. The van der Waals surface area contributed by atoms with Crippen molar-refractivity contribution in [3.05, 3.63) is 17.1 Å². The highest BCUT2D eigenvalue weighted by Crippen LogP contribution is 2.24. The molecule has 2 fully saturated rings. The van der Waals surface area contributed by atoms with Gasteiger partial charge in [0.15, 0.2) is 0 Å². The molecule has 3 heterocycles. The minimum atomic E-state index is -0.0452. The van der Waals surface area contributed by atoms with Gasteiger partial charge in [0, 0.05) is 50.0 Å². The van der Waals surface area contributed by atoms with Gasteiger partial charge >= 0.3 is 0 Å². The molecule has 1 aromatic heterocycles. The zero-order valence-electron chi connectivity index (χ0n) is 16.4. The van der Waals surface area contributed by atoms with Crippen molar-refractivity contribution in [2.24, 2.45) is 5.73 Å². The molecule has 144 valence electrons. The number of carbonyl (C=O) groups excluding carboxylic acids is 1. The molecule has 26 heavy (non-hydrogen) atoms. The van der Waals surface area contributed by atoms with Gasteiger partial charge in [-0.3, -0.25) is 4.79 Å². The van der Waals surface area contributed by atoms with Gasteiger partial charge in [0.25, 0.3) is 5.91 Å². The van der Waals surface area contributed by atoms with Gasteiger partial charge in [-0.2, -0.15) is 0 Å². The summed E-state index contributed by atoms with van der Waals surface area (Å²) >= 11 is 0. The highest BCUT2D eigenvalue weighted by molar-refractivity contribution is 5.91. The van der Waals surface area contributed by atoms with Crippen molar-refractivity contribution >= 4 is 11.7 Å². The Hall–Kier alpha value is -1.73. The van der Waals surface area contributed by atoms with E-state index in [0.29, 0.717) is 5.82 Å². The van der Waals surface area contributed by atoms with Gasteiger partial charge in [0.2, 0.25) is 5.82 Å². The zero-order valence-corrected chi connectivity index (χ0v) is 16.4. The summed E-state index contributed by atoms with van der Waals surface area (Å²) < 4.78 is 0. The molecule has 0 spiro atoms. The SMILES string of the molecule is CCCN1CCCN(C(=O)c2nc(C)c(C)c(N3CC[C@@H](N)C3)n2)CC1. The van der Waals surface area contributed by atoms with Crippen LogP contribution < -0.4 is 10.6 Å². The quantitative estimate of drug-likeness (QED) is 0.869. The van der Waals surface area contributed by atoms with E-state index < -0.39 is 0 Å². The molecular weight excluding hydrogens is 328 g/mol. The number of nitrogens with two attached hydrogens (primary N) is 1. The van der Waals surface area contributed by atoms with Crippen LogP contribution >= 0.6 is 0 Å². The Bertz CT molecular complexity index is 649. The van der Waals surface area contributed by atoms with E-state index in [1.165, 1.54) is 0 Å². The van der Waals surface area contributed by atoms with Gasteiger partial charge in [-0.15, -0.1) is 0 Å². The second-order valence-corrected chi connectivity index (χ2v) is 7.56. The zero-order chi connectivity index (χ0) is 18.7. The third-order valence-corrected chi connectivity index (χ3v) is 5.49. The number of carbonyl (C=O) groups is 1. The normalized spacial score (nSPS) is 21.9. The van der Waals surface area contributed by atoms with E-state index in [1.54, 1.807) is 0 Å². The standard InChI is InChI=1S/C19H32N6O/c1-4-7-23-8-5-9-24(12-11-23)19(26)17-21-15(3)14(2)18(22-17)25-10-6-16(20)13-25/h16H,4-13,20H2,1-3H3/t16-/m1/s1. The largest absolute Gasteiger partial charge is 0.355 e. The summed E-state index contributed by atoms with van der Waals surface area (Å²) in [4.78, 5) is 28.8. The molecule has 2 aliphatic heterocycles. The molecule has 0 aromatic carbocycles. The number of aryl methyl sites for hydroxylation is 1. The maximum atomic E-state index is 13.1. The van der Waals surface area contributed by atoms with Crippen LogP contribution in [0.5, 0.6) is 0 Å². The Kier molecular flexibility index (Phi) is 6.09. The Morgan fingerprint density at radius 3 is 2.65 bits per heavy atom. The van der Waals surface area contributed by atoms with Crippen molar-refractivity contribution < 1.29 is 4.79 Å². The second-order valence-electron chi connectivity index (χ2n) is 7.56. The van der Waals surface area contributed by atoms with Crippen LogP contribution in [0.15, 0.2) is 0 Å². The number of nitrogens with zero attached hydrogens (tertiary/aromatic N) is 5. The molecule has 1 amide bonds. The number of anilines is 1. The van der Waals surface area contributed by atoms with E-state index in [0.717, 1.165) is 82.2 Å². The molecule has 0 aliphatic carbocycles. The Labute approximate surface area is 156 Å². The molecule has 2 saturated heterocycles. The van der Waals surface area contributed by atoms with Crippen LogP contribution in [0, 0.1) is 13.8 Å². The third kappa shape index (κ3) is 4.15. The van der Waals surface area contributed by atoms with Gasteiger partial charge in [-0.05, 0) is 46.2 Å². The maximum Gasteiger partial charge on any atom is 0.291 e. The van der Waals surface area contributed by atoms with Crippen LogP contribution in [0.2, 0.25) is 0 Å². The lowest BCUT2D eigenvalue weighted by molar-refractivity contribution is 0.0749. The highest BCUT2D eigenvalue weighted by Gasteiger charge is 2.27. The molecule has 3 rings (SSSR count). The molecule has 7 heteroatoms. The van der Waals surface area contributed by atoms with E-state index >= 15 is 0 Å². The molecule has 0 saturated carbocycles. The summed E-state index contributed by atoms with van der Waals surface area (Å²) in [6.45, 7) is 12.5. The minimum Gasteiger partial charge on any atom is -0.355 e. The first-order valence-corrected chi connectivity index (χ1v) is 9.87.